The highest BCUT2D eigenvalue weighted by Crippen LogP contribution is 2.20. The summed E-state index contributed by atoms with van der Waals surface area (Å²) < 4.78 is 0. The van der Waals surface area contributed by atoms with Gasteiger partial charge in [-0.3, -0.25) is 4.79 Å². The lowest BCUT2D eigenvalue weighted by Crippen LogP contribution is -2.43. The smallest absolute Gasteiger partial charge is 0.229 e. The van der Waals surface area contributed by atoms with Gasteiger partial charge in [0, 0.05) is 18.8 Å². The predicted octanol–water partition coefficient (Wildman–Crippen LogP) is 2.79. The molecule has 0 aromatic carbocycles. The number of hydrogen-bond donors (Lipinski definition) is 1. The molecule has 2 heterocycles. The number of likely N-dealkylation sites (tertiary alicyclic amines) is 1. The van der Waals surface area contributed by atoms with Crippen LogP contribution in [0.1, 0.15) is 26.7 Å². The van der Waals surface area contributed by atoms with E-state index in [9.17, 15) is 4.79 Å². The molecule has 0 saturated carbocycles. The first kappa shape index (κ1) is 14.3. The molecule has 1 aromatic heterocycles. The topological polar surface area (TPSA) is 45.2 Å². The Morgan fingerprint density at radius 1 is 1.53 bits per heavy atom. The lowest BCUT2D eigenvalue weighted by Gasteiger charge is -2.34. The molecule has 1 fully saturated rings. The summed E-state index contributed by atoms with van der Waals surface area (Å²) >= 11 is 5.77. The number of anilines is 1. The molecule has 104 valence electrons. The normalized spacial score (nSPS) is 20.5. The van der Waals surface area contributed by atoms with Gasteiger partial charge in [0.1, 0.15) is 5.82 Å². The van der Waals surface area contributed by atoms with Crippen LogP contribution in [-0.4, -0.2) is 34.9 Å². The molecule has 0 aliphatic carbocycles. The van der Waals surface area contributed by atoms with Gasteiger partial charge in [-0.15, -0.1) is 0 Å². The van der Waals surface area contributed by atoms with Crippen LogP contribution in [0.3, 0.4) is 0 Å². The average molecular weight is 282 g/mol. The average Bonchev–Trinajstić information content (AvgIpc) is 2.41. The van der Waals surface area contributed by atoms with Gasteiger partial charge in [0.05, 0.1) is 10.9 Å². The van der Waals surface area contributed by atoms with Crippen molar-refractivity contribution in [3.8, 4) is 0 Å². The highest BCUT2D eigenvalue weighted by Gasteiger charge is 2.27. The van der Waals surface area contributed by atoms with Crippen molar-refractivity contribution in [3.63, 3.8) is 0 Å². The van der Waals surface area contributed by atoms with Crippen molar-refractivity contribution in [2.24, 2.45) is 5.92 Å². The summed E-state index contributed by atoms with van der Waals surface area (Å²) in [6.07, 6.45) is 3.56. The molecule has 1 N–H and O–H groups in total. The number of nitrogens with zero attached hydrogens (tertiary/aromatic N) is 2. The van der Waals surface area contributed by atoms with Crippen LogP contribution in [0, 0.1) is 5.92 Å². The fraction of sp³-hybridized carbons (Fsp3) is 0.571. The maximum atomic E-state index is 12.2. The summed E-state index contributed by atoms with van der Waals surface area (Å²) in [6, 6.07) is 3.94. The number of pyridine rings is 1. The van der Waals surface area contributed by atoms with E-state index >= 15 is 0 Å². The van der Waals surface area contributed by atoms with Crippen molar-refractivity contribution < 1.29 is 4.79 Å². The Morgan fingerprint density at radius 2 is 2.32 bits per heavy atom. The number of nitrogens with one attached hydrogen (secondary N) is 1. The number of amides is 1. The summed E-state index contributed by atoms with van der Waals surface area (Å²) in [6.45, 7) is 6.25. The molecular weight excluding hydrogens is 262 g/mol. The third kappa shape index (κ3) is 3.91. The molecule has 0 radical (unpaired) electrons. The zero-order valence-corrected chi connectivity index (χ0v) is 12.2. The summed E-state index contributed by atoms with van der Waals surface area (Å²) in [5.74, 6) is 0.671. The molecule has 1 atom stereocenters. The number of piperidine rings is 1. The third-order valence-corrected chi connectivity index (χ3v) is 3.76. The molecule has 4 nitrogen and oxygen atoms in total. The Morgan fingerprint density at radius 3 is 2.95 bits per heavy atom. The minimum absolute atomic E-state index is 0.0497. The van der Waals surface area contributed by atoms with Crippen LogP contribution in [0.15, 0.2) is 18.3 Å². The van der Waals surface area contributed by atoms with Crippen LogP contribution in [-0.2, 0) is 4.79 Å². The van der Waals surface area contributed by atoms with Crippen molar-refractivity contribution in [2.45, 2.75) is 32.7 Å². The molecule has 2 rings (SSSR count). The van der Waals surface area contributed by atoms with Crippen molar-refractivity contribution in [1.82, 2.24) is 9.88 Å². The Balaban J connectivity index is 1.94. The summed E-state index contributed by atoms with van der Waals surface area (Å²) in [7, 11) is 0. The zero-order chi connectivity index (χ0) is 13.8. The molecule has 1 aliphatic rings. The van der Waals surface area contributed by atoms with Crippen LogP contribution in [0.2, 0.25) is 5.02 Å². The number of hydrogen-bond acceptors (Lipinski definition) is 3. The molecule has 1 aliphatic heterocycles. The van der Waals surface area contributed by atoms with E-state index in [0.29, 0.717) is 16.9 Å². The van der Waals surface area contributed by atoms with Crippen LogP contribution in [0.25, 0.3) is 0 Å². The zero-order valence-electron chi connectivity index (χ0n) is 11.4. The van der Waals surface area contributed by atoms with E-state index in [1.54, 1.807) is 18.3 Å². The second-order valence-electron chi connectivity index (χ2n) is 5.28. The SMILES string of the molecule is CC(C)N1CCCC(C(=O)Nc2ccc(Cl)cn2)C1. The lowest BCUT2D eigenvalue weighted by atomic mass is 9.96. The fourth-order valence-corrected chi connectivity index (χ4v) is 2.48. The van der Waals surface area contributed by atoms with Crippen molar-refractivity contribution >= 4 is 23.3 Å². The second-order valence-corrected chi connectivity index (χ2v) is 5.72. The second kappa shape index (κ2) is 6.35. The first-order valence-electron chi connectivity index (χ1n) is 6.72. The van der Waals surface area contributed by atoms with E-state index in [-0.39, 0.29) is 11.8 Å². The monoisotopic (exact) mass is 281 g/mol. The number of carbonyl (C=O) groups is 1. The molecule has 1 amide bonds. The predicted molar refractivity (Wildman–Crippen MR) is 77.3 cm³/mol. The van der Waals surface area contributed by atoms with Gasteiger partial charge in [-0.25, -0.2) is 4.98 Å². The summed E-state index contributed by atoms with van der Waals surface area (Å²) in [4.78, 5) is 18.6. The van der Waals surface area contributed by atoms with Crippen molar-refractivity contribution in [2.75, 3.05) is 18.4 Å². The van der Waals surface area contributed by atoms with E-state index in [4.69, 9.17) is 11.6 Å². The fourth-order valence-electron chi connectivity index (χ4n) is 2.37. The Kier molecular flexibility index (Phi) is 4.77. The van der Waals surface area contributed by atoms with Crippen molar-refractivity contribution in [1.29, 1.82) is 0 Å². The molecule has 1 saturated heterocycles. The van der Waals surface area contributed by atoms with Crippen LogP contribution >= 0.6 is 11.6 Å². The van der Waals surface area contributed by atoms with Gasteiger partial charge in [0.2, 0.25) is 5.91 Å². The van der Waals surface area contributed by atoms with E-state index in [2.05, 4.69) is 29.0 Å². The van der Waals surface area contributed by atoms with Crippen LogP contribution < -0.4 is 5.32 Å². The standard InChI is InChI=1S/C14H20ClN3O/c1-10(2)18-7-3-4-11(9-18)14(19)17-13-6-5-12(15)8-16-13/h5-6,8,10-11H,3-4,7,9H2,1-2H3,(H,16,17,19). The van der Waals surface area contributed by atoms with Gasteiger partial charge < -0.3 is 10.2 Å². The minimum Gasteiger partial charge on any atom is -0.310 e. The number of carbonyl (C=O) groups excluding carboxylic acids is 1. The van der Waals surface area contributed by atoms with Gasteiger partial charge in [-0.2, -0.15) is 0 Å². The van der Waals surface area contributed by atoms with Crippen molar-refractivity contribution in [3.05, 3.63) is 23.4 Å². The molecule has 1 aromatic rings. The first-order chi connectivity index (χ1) is 9.06. The van der Waals surface area contributed by atoms with E-state index < -0.39 is 0 Å². The maximum Gasteiger partial charge on any atom is 0.229 e. The van der Waals surface area contributed by atoms with Gasteiger partial charge >= 0.3 is 0 Å². The number of rotatable bonds is 3. The molecule has 1 unspecified atom stereocenters. The number of halogens is 1. The van der Waals surface area contributed by atoms with Crippen LogP contribution in [0.5, 0.6) is 0 Å². The Bertz CT molecular complexity index is 433. The maximum absolute atomic E-state index is 12.2. The Hall–Kier alpha value is -1.13. The largest absolute Gasteiger partial charge is 0.310 e. The van der Waals surface area contributed by atoms with E-state index in [1.807, 2.05) is 0 Å². The lowest BCUT2D eigenvalue weighted by molar-refractivity contribution is -0.121. The Labute approximate surface area is 119 Å². The molecular formula is C14H20ClN3O. The summed E-state index contributed by atoms with van der Waals surface area (Å²) in [5, 5.41) is 3.43. The highest BCUT2D eigenvalue weighted by molar-refractivity contribution is 6.30. The molecule has 0 spiro atoms. The first-order valence-corrected chi connectivity index (χ1v) is 7.10. The van der Waals surface area contributed by atoms with E-state index in [0.717, 1.165) is 25.9 Å². The quantitative estimate of drug-likeness (QED) is 0.927. The van der Waals surface area contributed by atoms with Gasteiger partial charge in [-0.05, 0) is 45.4 Å². The third-order valence-electron chi connectivity index (χ3n) is 3.53. The molecule has 19 heavy (non-hydrogen) atoms. The van der Waals surface area contributed by atoms with Gasteiger partial charge in [0.25, 0.3) is 0 Å². The summed E-state index contributed by atoms with van der Waals surface area (Å²) in [5.41, 5.74) is 0. The highest BCUT2D eigenvalue weighted by atomic mass is 35.5. The van der Waals surface area contributed by atoms with Gasteiger partial charge in [0.15, 0.2) is 0 Å². The number of aromatic nitrogens is 1. The molecule has 5 heteroatoms. The van der Waals surface area contributed by atoms with Crippen LogP contribution in [0.4, 0.5) is 5.82 Å². The van der Waals surface area contributed by atoms with Gasteiger partial charge in [-0.1, -0.05) is 11.6 Å². The molecule has 0 bridgehead atoms. The van der Waals surface area contributed by atoms with E-state index in [1.165, 1.54) is 0 Å². The minimum atomic E-state index is 0.0497.